The molecule has 0 bridgehead atoms. The average Bonchev–Trinajstić information content (AvgIpc) is 2.63. The lowest BCUT2D eigenvalue weighted by molar-refractivity contribution is -0.137. The maximum Gasteiger partial charge on any atom is 0.303 e. The quantitative estimate of drug-likeness (QED) is 0.673. The van der Waals surface area contributed by atoms with Crippen molar-refractivity contribution in [1.29, 1.82) is 0 Å². The van der Waals surface area contributed by atoms with E-state index < -0.39 is 5.97 Å². The minimum Gasteiger partial charge on any atom is -0.491 e. The van der Waals surface area contributed by atoms with E-state index in [9.17, 15) is 9.59 Å². The molecule has 1 aromatic rings. The van der Waals surface area contributed by atoms with E-state index in [4.69, 9.17) is 9.84 Å². The number of fused-ring (bicyclic) bond motifs is 1. The first-order valence-electron chi connectivity index (χ1n) is 9.64. The van der Waals surface area contributed by atoms with E-state index in [1.807, 2.05) is 24.3 Å². The fourth-order valence-corrected chi connectivity index (χ4v) is 3.08. The molecule has 3 N–H and O–H groups in total. The fourth-order valence-electron chi connectivity index (χ4n) is 3.08. The van der Waals surface area contributed by atoms with Crippen molar-refractivity contribution in [2.45, 2.75) is 63.8 Å². The molecule has 0 aromatic heterocycles. The number of benzene rings is 1. The van der Waals surface area contributed by atoms with Gasteiger partial charge in [-0.25, -0.2) is 0 Å². The number of hydrogen-bond donors (Lipinski definition) is 3. The third-order valence-corrected chi connectivity index (χ3v) is 4.56. The minimum atomic E-state index is -0.764. The highest BCUT2D eigenvalue weighted by Crippen LogP contribution is 2.24. The summed E-state index contributed by atoms with van der Waals surface area (Å²) in [6.45, 7) is 1.48. The van der Waals surface area contributed by atoms with Crippen molar-refractivity contribution in [1.82, 2.24) is 5.32 Å². The number of carbonyl (C=O) groups excluding carboxylic acids is 1. The molecule has 6 nitrogen and oxygen atoms in total. The molecule has 0 radical (unpaired) electrons. The van der Waals surface area contributed by atoms with E-state index >= 15 is 0 Å². The summed E-state index contributed by atoms with van der Waals surface area (Å²) >= 11 is 0. The van der Waals surface area contributed by atoms with E-state index in [2.05, 4.69) is 10.6 Å². The smallest absolute Gasteiger partial charge is 0.303 e. The molecule has 2 rings (SSSR count). The molecule has 1 aliphatic rings. The number of para-hydroxylation sites is 2. The molecular formula is C20H30N2O4. The van der Waals surface area contributed by atoms with E-state index in [1.54, 1.807) is 0 Å². The summed E-state index contributed by atoms with van der Waals surface area (Å²) in [7, 11) is 0. The molecule has 1 amide bonds. The van der Waals surface area contributed by atoms with Crippen LogP contribution in [0.25, 0.3) is 0 Å². The van der Waals surface area contributed by atoms with Crippen molar-refractivity contribution in [3.8, 4) is 5.75 Å². The Morgan fingerprint density at radius 3 is 2.77 bits per heavy atom. The molecule has 1 atom stereocenters. The number of amides is 1. The topological polar surface area (TPSA) is 87.7 Å². The van der Waals surface area contributed by atoms with Crippen LogP contribution in [0.5, 0.6) is 5.75 Å². The van der Waals surface area contributed by atoms with Gasteiger partial charge in [-0.1, -0.05) is 37.8 Å². The molecule has 6 heteroatoms. The zero-order valence-corrected chi connectivity index (χ0v) is 15.3. The van der Waals surface area contributed by atoms with Gasteiger partial charge in [0.1, 0.15) is 5.75 Å². The molecule has 0 spiro atoms. The first-order chi connectivity index (χ1) is 12.7. The highest BCUT2D eigenvalue weighted by atomic mass is 16.5. The van der Waals surface area contributed by atoms with Crippen LogP contribution >= 0.6 is 0 Å². The van der Waals surface area contributed by atoms with Gasteiger partial charge in [0.15, 0.2) is 0 Å². The van der Waals surface area contributed by atoms with Gasteiger partial charge in [-0.2, -0.15) is 0 Å². The Labute approximate surface area is 155 Å². The third-order valence-electron chi connectivity index (χ3n) is 4.56. The van der Waals surface area contributed by atoms with Gasteiger partial charge in [-0.05, 0) is 44.4 Å². The molecule has 0 unspecified atom stereocenters. The number of ether oxygens (including phenoxy) is 1. The maximum atomic E-state index is 12.7. The van der Waals surface area contributed by atoms with Crippen LogP contribution < -0.4 is 15.4 Å². The first-order valence-corrected chi connectivity index (χ1v) is 9.64. The van der Waals surface area contributed by atoms with Crippen LogP contribution in [0.3, 0.4) is 0 Å². The number of carboxylic acid groups (broad SMARTS) is 1. The van der Waals surface area contributed by atoms with Crippen molar-refractivity contribution >= 4 is 17.6 Å². The number of anilines is 1. The number of unbranched alkanes of at least 4 members (excludes halogenated alkanes) is 2. The van der Waals surface area contributed by atoms with Crippen LogP contribution in [0, 0.1) is 0 Å². The summed E-state index contributed by atoms with van der Waals surface area (Å²) in [6.07, 6.45) is 7.47. The lowest BCUT2D eigenvalue weighted by Gasteiger charge is -2.19. The van der Waals surface area contributed by atoms with Gasteiger partial charge in [-0.3, -0.25) is 9.59 Å². The van der Waals surface area contributed by atoms with Gasteiger partial charge in [0, 0.05) is 6.42 Å². The van der Waals surface area contributed by atoms with Crippen molar-refractivity contribution < 1.29 is 19.4 Å². The maximum absolute atomic E-state index is 12.7. The highest BCUT2D eigenvalue weighted by Gasteiger charge is 2.19. The van der Waals surface area contributed by atoms with E-state index in [0.29, 0.717) is 30.9 Å². The standard InChI is InChI=1S/C20H30N2O4/c23-19(24)13-5-3-4-11-17-20(25)22-16-10-6-7-12-18(16)26-15-9-2-1-8-14-21-17/h6-7,10,12,17,21H,1-5,8-9,11,13-15H2,(H,22,25)(H,23,24)/t17-/m0/s1. The molecule has 0 aliphatic carbocycles. The van der Waals surface area contributed by atoms with Crippen LogP contribution in [0.1, 0.15) is 57.8 Å². The zero-order valence-electron chi connectivity index (χ0n) is 15.3. The van der Waals surface area contributed by atoms with Crippen molar-refractivity contribution in [2.75, 3.05) is 18.5 Å². The number of aliphatic carboxylic acids is 1. The predicted molar refractivity (Wildman–Crippen MR) is 102 cm³/mol. The van der Waals surface area contributed by atoms with Gasteiger partial charge in [0.25, 0.3) is 0 Å². The van der Waals surface area contributed by atoms with Gasteiger partial charge in [0.2, 0.25) is 5.91 Å². The summed E-state index contributed by atoms with van der Waals surface area (Å²) in [5.41, 5.74) is 0.703. The Bertz CT molecular complexity index is 577. The van der Waals surface area contributed by atoms with E-state index in [-0.39, 0.29) is 18.4 Å². The molecular weight excluding hydrogens is 332 g/mol. The van der Waals surface area contributed by atoms with Gasteiger partial charge in [0.05, 0.1) is 18.3 Å². The molecule has 0 saturated heterocycles. The molecule has 1 aromatic carbocycles. The number of nitrogens with one attached hydrogen (secondary N) is 2. The predicted octanol–water partition coefficient (Wildman–Crippen LogP) is 3.57. The van der Waals surface area contributed by atoms with Crippen LogP contribution in [0.2, 0.25) is 0 Å². The van der Waals surface area contributed by atoms with Crippen LogP contribution in [-0.2, 0) is 9.59 Å². The summed E-state index contributed by atoms with van der Waals surface area (Å²) in [6, 6.07) is 7.25. The Hall–Kier alpha value is -2.08. The van der Waals surface area contributed by atoms with E-state index in [0.717, 1.165) is 45.1 Å². The van der Waals surface area contributed by atoms with Crippen molar-refractivity contribution in [2.24, 2.45) is 0 Å². The molecule has 26 heavy (non-hydrogen) atoms. The Morgan fingerprint density at radius 1 is 1.12 bits per heavy atom. The minimum absolute atomic E-state index is 0.0569. The number of hydrogen-bond acceptors (Lipinski definition) is 4. The first kappa shape index (κ1) is 20.2. The molecule has 0 saturated carbocycles. The molecule has 1 aliphatic heterocycles. The monoisotopic (exact) mass is 362 g/mol. The molecule has 0 fully saturated rings. The summed E-state index contributed by atoms with van der Waals surface area (Å²) < 4.78 is 5.83. The number of carboxylic acids is 1. The summed E-state index contributed by atoms with van der Waals surface area (Å²) in [5.74, 6) is -0.113. The summed E-state index contributed by atoms with van der Waals surface area (Å²) in [5, 5.41) is 15.1. The molecule has 1 heterocycles. The van der Waals surface area contributed by atoms with Crippen LogP contribution in [0.15, 0.2) is 24.3 Å². The second kappa shape index (κ2) is 11.5. The Morgan fingerprint density at radius 2 is 1.92 bits per heavy atom. The van der Waals surface area contributed by atoms with Gasteiger partial charge in [-0.15, -0.1) is 0 Å². The van der Waals surface area contributed by atoms with Crippen LogP contribution in [-0.4, -0.2) is 36.2 Å². The Balaban J connectivity index is 1.95. The van der Waals surface area contributed by atoms with E-state index in [1.165, 1.54) is 0 Å². The normalized spacial score (nSPS) is 19.1. The number of rotatable bonds is 6. The van der Waals surface area contributed by atoms with Gasteiger partial charge >= 0.3 is 5.97 Å². The average molecular weight is 362 g/mol. The largest absolute Gasteiger partial charge is 0.491 e. The third kappa shape index (κ3) is 7.44. The van der Waals surface area contributed by atoms with Crippen LogP contribution in [0.4, 0.5) is 5.69 Å². The fraction of sp³-hybridized carbons (Fsp3) is 0.600. The van der Waals surface area contributed by atoms with Crippen molar-refractivity contribution in [3.63, 3.8) is 0 Å². The highest BCUT2D eigenvalue weighted by molar-refractivity contribution is 5.96. The second-order valence-corrected chi connectivity index (χ2v) is 6.75. The lowest BCUT2D eigenvalue weighted by Crippen LogP contribution is -2.41. The zero-order chi connectivity index (χ0) is 18.6. The SMILES string of the molecule is O=C(O)CCCCC[C@@H]1NCCCCCCOc2ccccc2NC1=O. The van der Waals surface area contributed by atoms with Crippen molar-refractivity contribution in [3.05, 3.63) is 24.3 Å². The molecule has 144 valence electrons. The summed E-state index contributed by atoms with van der Waals surface area (Å²) in [4.78, 5) is 23.3. The Kier molecular flexibility index (Phi) is 8.96. The second-order valence-electron chi connectivity index (χ2n) is 6.75. The van der Waals surface area contributed by atoms with Gasteiger partial charge < -0.3 is 20.5 Å². The number of carbonyl (C=O) groups is 2. The lowest BCUT2D eigenvalue weighted by atomic mass is 10.1.